The second-order valence-corrected chi connectivity index (χ2v) is 7.77. The summed E-state index contributed by atoms with van der Waals surface area (Å²) >= 11 is 3.61. The van der Waals surface area contributed by atoms with E-state index in [-0.39, 0.29) is 18.6 Å². The van der Waals surface area contributed by atoms with Crippen LogP contribution in [-0.2, 0) is 0 Å². The van der Waals surface area contributed by atoms with Gasteiger partial charge in [-0.25, -0.2) is 0 Å². The van der Waals surface area contributed by atoms with Gasteiger partial charge < -0.3 is 21.9 Å². The molecule has 26 heavy (non-hydrogen) atoms. The molecule has 3 nitrogen and oxygen atoms in total. The number of thioether (sulfide) groups is 1. The molecule has 1 aliphatic heterocycles. The normalized spacial score (nSPS) is 15.5. The molecule has 6 heteroatoms. The van der Waals surface area contributed by atoms with Crippen molar-refractivity contribution in [3.63, 3.8) is 0 Å². The number of ether oxygens (including phenoxy) is 2. The van der Waals surface area contributed by atoms with Gasteiger partial charge >= 0.3 is 10.6 Å². The van der Waals surface area contributed by atoms with Crippen molar-refractivity contribution in [1.82, 2.24) is 0 Å². The maximum Gasteiger partial charge on any atom is 0.313 e. The van der Waals surface area contributed by atoms with Crippen LogP contribution in [-0.4, -0.2) is 12.9 Å². The van der Waals surface area contributed by atoms with Gasteiger partial charge in [-0.15, -0.1) is 4.57 Å². The molecule has 2 aromatic carbocycles. The molecule has 0 radical (unpaired) electrons. The molecule has 0 saturated heterocycles. The van der Waals surface area contributed by atoms with E-state index in [1.54, 1.807) is 18.4 Å². The third kappa shape index (κ3) is 4.06. The Morgan fingerprint density at radius 3 is 2.69 bits per heavy atom. The largest absolute Gasteiger partial charge is 1.00 e. The van der Waals surface area contributed by atoms with Gasteiger partial charge in [0, 0.05) is 5.56 Å². The van der Waals surface area contributed by atoms with Crippen LogP contribution in [0.4, 0.5) is 0 Å². The van der Waals surface area contributed by atoms with Crippen LogP contribution in [0.5, 0.6) is 11.5 Å². The number of hydrogen-bond acceptors (Lipinski definition) is 4. The van der Waals surface area contributed by atoms with Crippen molar-refractivity contribution in [2.24, 2.45) is 0 Å². The summed E-state index contributed by atoms with van der Waals surface area (Å²) in [6, 6.07) is 16.2. The van der Waals surface area contributed by atoms with Crippen molar-refractivity contribution < 1.29 is 26.4 Å². The molecule has 0 saturated carbocycles. The van der Waals surface area contributed by atoms with Gasteiger partial charge in [0.1, 0.15) is 17.3 Å². The highest BCUT2D eigenvalue weighted by atomic mass is 35.5. The molecular weight excluding hydrogens is 386 g/mol. The van der Waals surface area contributed by atoms with E-state index in [0.717, 1.165) is 28.4 Å². The minimum atomic E-state index is 0. The Bertz CT molecular complexity index is 893. The first kappa shape index (κ1) is 18.8. The summed E-state index contributed by atoms with van der Waals surface area (Å²) in [4.78, 5) is 0. The Morgan fingerprint density at radius 1 is 1.08 bits per heavy atom. The number of thiazole rings is 1. The maximum absolute atomic E-state index is 6.12. The molecule has 4 rings (SSSR count). The van der Waals surface area contributed by atoms with Crippen molar-refractivity contribution in [2.75, 3.05) is 12.9 Å². The number of fused-ring (bicyclic) bond motifs is 1. The first-order chi connectivity index (χ1) is 12.3. The topological polar surface area (TPSA) is 22.3 Å². The Labute approximate surface area is 167 Å². The number of rotatable bonds is 5. The molecule has 0 spiro atoms. The predicted molar refractivity (Wildman–Crippen MR) is 103 cm³/mol. The number of halogens is 1. The zero-order valence-electron chi connectivity index (χ0n) is 14.2. The number of aromatic nitrogens is 1. The Kier molecular flexibility index (Phi) is 6.25. The van der Waals surface area contributed by atoms with E-state index in [4.69, 9.17) is 9.47 Å². The highest BCUT2D eigenvalue weighted by Crippen LogP contribution is 2.31. The van der Waals surface area contributed by atoms with Gasteiger partial charge in [-0.3, -0.25) is 0 Å². The summed E-state index contributed by atoms with van der Waals surface area (Å²) in [5.74, 6) is 2.73. The van der Waals surface area contributed by atoms with Crippen LogP contribution >= 0.6 is 23.1 Å². The average Bonchev–Trinajstić information content (AvgIpc) is 3.26. The fourth-order valence-corrected chi connectivity index (χ4v) is 4.81. The predicted octanol–water partition coefficient (Wildman–Crippen LogP) is 1.90. The lowest BCUT2D eigenvalue weighted by molar-refractivity contribution is -0.769. The average molecular weight is 404 g/mol. The molecule has 0 amide bonds. The Balaban J connectivity index is 0.00000196. The van der Waals surface area contributed by atoms with E-state index in [2.05, 4.69) is 40.4 Å². The summed E-state index contributed by atoms with van der Waals surface area (Å²) in [5, 5.41) is 2.10. The Morgan fingerprint density at radius 2 is 1.88 bits per heavy atom. The fourth-order valence-electron chi connectivity index (χ4n) is 2.72. The molecule has 0 N–H and O–H groups in total. The summed E-state index contributed by atoms with van der Waals surface area (Å²) in [5.41, 5.74) is 2.19. The van der Waals surface area contributed by atoms with Gasteiger partial charge in [-0.2, -0.15) is 0 Å². The van der Waals surface area contributed by atoms with Crippen LogP contribution in [0.2, 0.25) is 0 Å². The molecule has 1 atom stereocenters. The number of benzene rings is 2. The first-order valence-electron chi connectivity index (χ1n) is 8.03. The summed E-state index contributed by atoms with van der Waals surface area (Å²) < 4.78 is 15.0. The second-order valence-electron chi connectivity index (χ2n) is 5.60. The molecule has 2 heterocycles. The molecule has 1 aromatic heterocycles. The van der Waals surface area contributed by atoms with Gasteiger partial charge in [0.15, 0.2) is 6.20 Å². The van der Waals surface area contributed by atoms with E-state index in [9.17, 15) is 0 Å². The van der Waals surface area contributed by atoms with E-state index >= 15 is 0 Å². The molecule has 134 valence electrons. The standard InChI is InChI=1S/C20H18NO2S2.ClH/c1-22-18-5-3-2-4-16(18)9-6-15-7-10-17(11-8-15)23-19-14-25-20-21(19)12-13-24-20;/h2-13,19H,14H2,1H3;1H/q+1;/p-1/b9-6+;. The van der Waals surface area contributed by atoms with Crippen LogP contribution in [0.1, 0.15) is 17.4 Å². The molecule has 0 fully saturated rings. The van der Waals surface area contributed by atoms with E-state index in [1.807, 2.05) is 48.2 Å². The quantitative estimate of drug-likeness (QED) is 0.480. The van der Waals surface area contributed by atoms with Crippen molar-refractivity contribution in [3.05, 3.63) is 71.2 Å². The van der Waals surface area contributed by atoms with Gasteiger partial charge in [0.25, 0.3) is 0 Å². The highest BCUT2D eigenvalue weighted by molar-refractivity contribution is 8.01. The van der Waals surface area contributed by atoms with Crippen molar-refractivity contribution in [2.45, 2.75) is 10.6 Å². The lowest BCUT2D eigenvalue weighted by atomic mass is 10.1. The number of nitrogens with zero attached hydrogens (tertiary/aromatic N) is 1. The van der Waals surface area contributed by atoms with Crippen LogP contribution in [0, 0.1) is 0 Å². The smallest absolute Gasteiger partial charge is 0.313 e. The van der Waals surface area contributed by atoms with E-state index in [1.165, 1.54) is 4.34 Å². The number of hydrogen-bond donors (Lipinski definition) is 0. The highest BCUT2D eigenvalue weighted by Gasteiger charge is 2.34. The Hall–Kier alpha value is -1.95. The molecule has 1 unspecified atom stereocenters. The zero-order chi connectivity index (χ0) is 17.1. The lowest BCUT2D eigenvalue weighted by Gasteiger charge is -2.08. The first-order valence-corrected chi connectivity index (χ1v) is 9.89. The van der Waals surface area contributed by atoms with Crippen LogP contribution in [0.15, 0.2) is 64.4 Å². The maximum atomic E-state index is 6.12. The summed E-state index contributed by atoms with van der Waals surface area (Å²) in [6.07, 6.45) is 6.32. The fraction of sp³-hybridized carbons (Fsp3) is 0.150. The van der Waals surface area contributed by atoms with E-state index < -0.39 is 0 Å². The zero-order valence-corrected chi connectivity index (χ0v) is 16.6. The molecule has 3 aromatic rings. The molecule has 0 bridgehead atoms. The lowest BCUT2D eigenvalue weighted by Crippen LogP contribution is -3.00. The minimum Gasteiger partial charge on any atom is -1.00 e. The third-order valence-corrected chi connectivity index (χ3v) is 6.23. The van der Waals surface area contributed by atoms with E-state index in [0.29, 0.717) is 0 Å². The van der Waals surface area contributed by atoms with Crippen molar-refractivity contribution >= 4 is 35.3 Å². The minimum absolute atomic E-state index is 0. The van der Waals surface area contributed by atoms with Crippen molar-refractivity contribution in [1.29, 1.82) is 0 Å². The third-order valence-electron chi connectivity index (χ3n) is 4.01. The van der Waals surface area contributed by atoms with Gasteiger partial charge in [0.2, 0.25) is 0 Å². The summed E-state index contributed by atoms with van der Waals surface area (Å²) in [6.45, 7) is 0. The monoisotopic (exact) mass is 403 g/mol. The van der Waals surface area contributed by atoms with Gasteiger partial charge in [-0.05, 0) is 35.5 Å². The summed E-state index contributed by atoms with van der Waals surface area (Å²) in [7, 11) is 1.69. The van der Waals surface area contributed by atoms with Gasteiger partial charge in [0.05, 0.1) is 12.5 Å². The molecule has 0 aliphatic carbocycles. The SMILES string of the molecule is COc1ccccc1/C=C/c1ccc(OC2CSc3scc[n+]32)cc1.[Cl-]. The molecular formula is C20H18ClNO2S2. The number of para-hydroxylation sites is 1. The molecule has 1 aliphatic rings. The second kappa shape index (κ2) is 8.62. The van der Waals surface area contributed by atoms with Crippen molar-refractivity contribution in [3.8, 4) is 11.5 Å². The van der Waals surface area contributed by atoms with Gasteiger partial charge in [-0.1, -0.05) is 53.8 Å². The van der Waals surface area contributed by atoms with Crippen LogP contribution in [0.25, 0.3) is 12.2 Å². The van der Waals surface area contributed by atoms with Crippen LogP contribution < -0.4 is 26.4 Å². The van der Waals surface area contributed by atoms with Crippen LogP contribution in [0.3, 0.4) is 0 Å². The number of methoxy groups -OCH3 is 1.